The number of nitrogens with zero attached hydrogens (tertiary/aromatic N) is 3. The maximum Gasteiger partial charge on any atom is 0.413 e. The predicted octanol–water partition coefficient (Wildman–Crippen LogP) is 4.45. The highest BCUT2D eigenvalue weighted by Gasteiger charge is 2.16. The molecule has 5 aromatic rings. The van der Waals surface area contributed by atoms with Crippen molar-refractivity contribution in [2.75, 3.05) is 11.9 Å². The number of hydrogen-bond acceptors (Lipinski definition) is 4. The fraction of sp³-hybridized carbons (Fsp3) is 0.0833. The van der Waals surface area contributed by atoms with Crippen molar-refractivity contribution >= 4 is 33.8 Å². The van der Waals surface area contributed by atoms with E-state index in [-0.39, 0.29) is 17.8 Å². The maximum absolute atomic E-state index is 14.8. The third-order valence-electron chi connectivity index (χ3n) is 5.63. The number of carbonyl (C=O) groups is 1. The van der Waals surface area contributed by atoms with Crippen molar-refractivity contribution in [3.63, 3.8) is 0 Å². The van der Waals surface area contributed by atoms with E-state index in [1.807, 2.05) is 0 Å². The van der Waals surface area contributed by atoms with Crippen LogP contribution in [-0.2, 0) is 6.42 Å². The van der Waals surface area contributed by atoms with Crippen LogP contribution in [0.3, 0.4) is 0 Å². The van der Waals surface area contributed by atoms with Gasteiger partial charge in [0.15, 0.2) is 0 Å². The second-order valence-electron chi connectivity index (χ2n) is 7.79. The molecule has 2 aromatic heterocycles. The van der Waals surface area contributed by atoms with Crippen molar-refractivity contribution in [3.05, 3.63) is 87.8 Å². The molecule has 0 atom stereocenters. The summed E-state index contributed by atoms with van der Waals surface area (Å²) in [5.74, 6) is -0.934. The summed E-state index contributed by atoms with van der Waals surface area (Å²) in [5.41, 5.74) is 2.52. The average Bonchev–Trinajstić information content (AvgIpc) is 3.25. The van der Waals surface area contributed by atoms with Crippen molar-refractivity contribution in [1.29, 1.82) is 0 Å². The fourth-order valence-electron chi connectivity index (χ4n) is 3.87. The minimum atomic E-state index is -1.17. The predicted molar refractivity (Wildman–Crippen MR) is 123 cm³/mol. The topological polar surface area (TPSA) is 115 Å². The third kappa shape index (κ3) is 3.64. The van der Waals surface area contributed by atoms with Gasteiger partial charge in [-0.3, -0.25) is 9.69 Å². The summed E-state index contributed by atoms with van der Waals surface area (Å²) >= 11 is 0. The second-order valence-corrected chi connectivity index (χ2v) is 7.79. The summed E-state index contributed by atoms with van der Waals surface area (Å²) in [5, 5.41) is 15.9. The standard InChI is InChI=1S/C24H17F2N5O3/c1-31(24(33)34)23-27-18-8-6-13(11-20(18)28-23)15-9-12(5-7-16(15)25)10-19-14-3-2-4-17(26)21(14)22(32)30-29-19/h2-9,11H,10H2,1H3,(H,27,28)(H,30,32)(H,33,34). The third-order valence-corrected chi connectivity index (χ3v) is 5.63. The molecule has 0 aliphatic carbocycles. The lowest BCUT2D eigenvalue weighted by Gasteiger charge is -2.09. The number of imidazole rings is 1. The second kappa shape index (κ2) is 8.07. The molecule has 0 unspecified atom stereocenters. The SMILES string of the molecule is CN(C(=O)O)c1nc2ccc(-c3cc(Cc4n[nH]c(=O)c5c(F)cccc45)ccc3F)cc2[nH]1. The summed E-state index contributed by atoms with van der Waals surface area (Å²) < 4.78 is 29.0. The normalized spacial score (nSPS) is 11.3. The lowest BCUT2D eigenvalue weighted by Crippen LogP contribution is -2.24. The summed E-state index contributed by atoms with van der Waals surface area (Å²) in [6.07, 6.45) is -0.926. The van der Waals surface area contributed by atoms with Gasteiger partial charge in [-0.05, 0) is 41.5 Å². The first-order chi connectivity index (χ1) is 16.3. The van der Waals surface area contributed by atoms with E-state index in [4.69, 9.17) is 5.11 Å². The van der Waals surface area contributed by atoms with E-state index in [0.717, 1.165) is 4.90 Å². The minimum absolute atomic E-state index is 0.0679. The molecule has 2 heterocycles. The van der Waals surface area contributed by atoms with Crippen LogP contribution < -0.4 is 10.5 Å². The Balaban J connectivity index is 1.54. The van der Waals surface area contributed by atoms with Crippen LogP contribution in [0.2, 0.25) is 0 Å². The van der Waals surface area contributed by atoms with Crippen molar-refractivity contribution in [2.45, 2.75) is 6.42 Å². The van der Waals surface area contributed by atoms with E-state index in [9.17, 15) is 18.4 Å². The van der Waals surface area contributed by atoms with Crippen LogP contribution >= 0.6 is 0 Å². The smallest absolute Gasteiger partial charge is 0.413 e. The Morgan fingerprint density at radius 3 is 2.71 bits per heavy atom. The molecule has 8 nitrogen and oxygen atoms in total. The number of rotatable bonds is 4. The van der Waals surface area contributed by atoms with Gasteiger partial charge in [-0.15, -0.1) is 0 Å². The quantitative estimate of drug-likeness (QED) is 0.366. The molecule has 0 aliphatic heterocycles. The summed E-state index contributed by atoms with van der Waals surface area (Å²) in [4.78, 5) is 31.3. The molecular weight excluding hydrogens is 444 g/mol. The number of aromatic nitrogens is 4. The summed E-state index contributed by atoms with van der Waals surface area (Å²) in [6.45, 7) is 0. The highest BCUT2D eigenvalue weighted by Crippen LogP contribution is 2.29. The van der Waals surface area contributed by atoms with E-state index in [0.29, 0.717) is 38.8 Å². The van der Waals surface area contributed by atoms with Crippen molar-refractivity contribution in [2.24, 2.45) is 0 Å². The van der Waals surface area contributed by atoms with E-state index >= 15 is 0 Å². The highest BCUT2D eigenvalue weighted by atomic mass is 19.1. The zero-order chi connectivity index (χ0) is 24.0. The van der Waals surface area contributed by atoms with Crippen molar-refractivity contribution < 1.29 is 18.7 Å². The first kappa shape index (κ1) is 21.3. The lowest BCUT2D eigenvalue weighted by molar-refractivity contribution is 0.203. The molecule has 0 saturated carbocycles. The van der Waals surface area contributed by atoms with E-state index in [2.05, 4.69) is 20.2 Å². The number of aromatic amines is 2. The molecule has 0 bridgehead atoms. The Bertz CT molecular complexity index is 1640. The number of carboxylic acid groups (broad SMARTS) is 1. The first-order valence-electron chi connectivity index (χ1n) is 10.2. The van der Waals surface area contributed by atoms with Crippen LogP contribution in [-0.4, -0.2) is 38.4 Å². The molecule has 0 aliphatic rings. The highest BCUT2D eigenvalue weighted by molar-refractivity contribution is 5.89. The Morgan fingerprint density at radius 1 is 1.09 bits per heavy atom. The van der Waals surface area contributed by atoms with Gasteiger partial charge in [-0.2, -0.15) is 5.10 Å². The van der Waals surface area contributed by atoms with E-state index in [1.165, 1.54) is 25.2 Å². The largest absolute Gasteiger partial charge is 0.465 e. The monoisotopic (exact) mass is 461 g/mol. The number of anilines is 1. The van der Waals surface area contributed by atoms with E-state index < -0.39 is 23.3 Å². The van der Waals surface area contributed by atoms with Gasteiger partial charge in [-0.1, -0.05) is 24.3 Å². The molecular formula is C24H17F2N5O3. The molecule has 170 valence electrons. The Hall–Kier alpha value is -4.60. The van der Waals surface area contributed by atoms with Crippen molar-refractivity contribution in [3.8, 4) is 11.1 Å². The Kier molecular flexibility index (Phi) is 5.05. The molecule has 10 heteroatoms. The van der Waals surface area contributed by atoms with Crippen LogP contribution in [0.4, 0.5) is 19.5 Å². The number of fused-ring (bicyclic) bond motifs is 2. The molecule has 1 amide bonds. The number of nitrogens with one attached hydrogen (secondary N) is 2. The Labute approximate surface area is 190 Å². The summed E-state index contributed by atoms with van der Waals surface area (Å²) in [6, 6.07) is 14.0. The number of benzene rings is 3. The van der Waals surface area contributed by atoms with Gasteiger partial charge in [0, 0.05) is 24.4 Å². The maximum atomic E-state index is 14.8. The average molecular weight is 461 g/mol. The van der Waals surface area contributed by atoms with Gasteiger partial charge in [0.25, 0.3) is 5.56 Å². The van der Waals surface area contributed by atoms with Gasteiger partial charge in [0.2, 0.25) is 5.95 Å². The molecule has 3 aromatic carbocycles. The number of halogens is 2. The zero-order valence-electron chi connectivity index (χ0n) is 17.8. The van der Waals surface area contributed by atoms with Crippen LogP contribution in [0.15, 0.2) is 59.4 Å². The van der Waals surface area contributed by atoms with Crippen LogP contribution in [0.5, 0.6) is 0 Å². The Morgan fingerprint density at radius 2 is 1.91 bits per heavy atom. The summed E-state index contributed by atoms with van der Waals surface area (Å²) in [7, 11) is 1.37. The number of H-pyrrole nitrogens is 2. The molecule has 5 rings (SSSR count). The van der Waals surface area contributed by atoms with Gasteiger partial charge in [0.05, 0.1) is 22.1 Å². The minimum Gasteiger partial charge on any atom is -0.465 e. The molecule has 0 spiro atoms. The molecule has 0 saturated heterocycles. The molecule has 0 radical (unpaired) electrons. The fourth-order valence-corrected chi connectivity index (χ4v) is 3.87. The van der Waals surface area contributed by atoms with Gasteiger partial charge < -0.3 is 10.1 Å². The lowest BCUT2D eigenvalue weighted by atomic mass is 9.98. The zero-order valence-corrected chi connectivity index (χ0v) is 17.8. The number of amides is 1. The molecule has 34 heavy (non-hydrogen) atoms. The van der Waals surface area contributed by atoms with Gasteiger partial charge >= 0.3 is 6.09 Å². The van der Waals surface area contributed by atoms with Gasteiger partial charge in [0.1, 0.15) is 11.6 Å². The first-order valence-corrected chi connectivity index (χ1v) is 10.2. The van der Waals surface area contributed by atoms with Crippen LogP contribution in [0, 0.1) is 11.6 Å². The van der Waals surface area contributed by atoms with Crippen LogP contribution in [0.1, 0.15) is 11.3 Å². The van der Waals surface area contributed by atoms with Gasteiger partial charge in [-0.25, -0.2) is 23.7 Å². The van der Waals surface area contributed by atoms with E-state index in [1.54, 1.807) is 36.4 Å². The molecule has 3 N–H and O–H groups in total. The molecule has 0 fully saturated rings. The van der Waals surface area contributed by atoms with Crippen molar-refractivity contribution in [1.82, 2.24) is 20.2 Å². The number of hydrogen-bond donors (Lipinski definition) is 3. The van der Waals surface area contributed by atoms with Crippen LogP contribution in [0.25, 0.3) is 32.9 Å².